The first-order chi connectivity index (χ1) is 14.9. The second kappa shape index (κ2) is 11.8. The third-order valence-electron chi connectivity index (χ3n) is 6.37. The zero-order chi connectivity index (χ0) is 23.9. The summed E-state index contributed by atoms with van der Waals surface area (Å²) >= 11 is 0.136. The molecule has 0 radical (unpaired) electrons. The molecule has 2 aromatic rings. The van der Waals surface area contributed by atoms with Gasteiger partial charge < -0.3 is 4.98 Å². The van der Waals surface area contributed by atoms with Crippen LogP contribution in [0.2, 0.25) is 18.6 Å². The number of rotatable bonds is 6. The predicted molar refractivity (Wildman–Crippen MR) is 141 cm³/mol. The maximum absolute atomic E-state index is 3.91. The van der Waals surface area contributed by atoms with E-state index in [1.807, 2.05) is 0 Å². The monoisotopic (exact) mass is 481 g/mol. The summed E-state index contributed by atoms with van der Waals surface area (Å²) in [6.45, 7) is 20.9. The summed E-state index contributed by atoms with van der Waals surface area (Å²) < 4.78 is 2.60. The summed E-state index contributed by atoms with van der Waals surface area (Å²) in [5.74, 6) is 0. The van der Waals surface area contributed by atoms with Crippen LogP contribution in [0.25, 0.3) is 0 Å². The van der Waals surface area contributed by atoms with Gasteiger partial charge in [-0.2, -0.15) is 0 Å². The maximum atomic E-state index is 3.91. The topological polar surface area (TPSA) is 12.0 Å². The summed E-state index contributed by atoms with van der Waals surface area (Å²) in [6, 6.07) is 21.6. The van der Waals surface area contributed by atoms with E-state index in [2.05, 4.69) is 127 Å². The fourth-order valence-electron chi connectivity index (χ4n) is 5.01. The summed E-state index contributed by atoms with van der Waals surface area (Å²) in [5.41, 5.74) is 10.1. The summed E-state index contributed by atoms with van der Waals surface area (Å²) in [6.07, 6.45) is 0. The Balaban J connectivity index is 0.000000228. The van der Waals surface area contributed by atoms with E-state index in [-0.39, 0.29) is 24.7 Å². The second-order valence-electron chi connectivity index (χ2n) is 10.7. The van der Waals surface area contributed by atoms with E-state index in [0.29, 0.717) is 5.54 Å². The van der Waals surface area contributed by atoms with Crippen LogP contribution in [0.3, 0.4) is 0 Å². The standard InChI is InChI=1S/C15H29NSi.2C7H7.Ti/c1-10-11(2)13(4)14(12(10)3)17(8,9)16-15(5,6)7;2*1-7-5-3-2-4-6-7;/h14,16H,1-9H3;2*2-6H,1H2;. The number of hydrogen-bond donors (Lipinski definition) is 1. The zero-order valence-corrected chi connectivity index (χ0v) is 24.3. The molecule has 2 aromatic carbocycles. The molecule has 0 spiro atoms. The van der Waals surface area contributed by atoms with Crippen molar-refractivity contribution >= 4 is 8.24 Å². The molecule has 0 unspecified atom stereocenters. The Bertz CT molecular complexity index is 857. The molecule has 0 saturated carbocycles. The summed E-state index contributed by atoms with van der Waals surface area (Å²) in [5, 5.41) is 0. The van der Waals surface area contributed by atoms with Crippen LogP contribution < -0.4 is 4.98 Å². The minimum atomic E-state index is -1.48. The molecule has 1 nitrogen and oxygen atoms in total. The normalized spacial score (nSPS) is 15.0. The van der Waals surface area contributed by atoms with Crippen LogP contribution >= 0.6 is 0 Å². The van der Waals surface area contributed by atoms with Gasteiger partial charge in [-0.1, -0.05) is 24.2 Å². The molecular formula is C29H43NSiTi. The molecule has 1 aliphatic carbocycles. The van der Waals surface area contributed by atoms with Crippen molar-refractivity contribution in [1.82, 2.24) is 4.98 Å². The molecule has 0 aliphatic heterocycles. The quantitative estimate of drug-likeness (QED) is 0.411. The molecule has 0 bridgehead atoms. The van der Waals surface area contributed by atoms with E-state index in [0.717, 1.165) is 0 Å². The number of benzene rings is 2. The molecule has 3 heteroatoms. The molecule has 0 aromatic heterocycles. The van der Waals surface area contributed by atoms with E-state index >= 15 is 0 Å². The molecule has 1 aliphatic rings. The van der Waals surface area contributed by atoms with Crippen molar-refractivity contribution in [3.05, 3.63) is 94.1 Å². The van der Waals surface area contributed by atoms with Crippen LogP contribution in [0.5, 0.6) is 0 Å². The first-order valence-electron chi connectivity index (χ1n) is 11.9. The van der Waals surface area contributed by atoms with Gasteiger partial charge in [-0.15, -0.1) is 0 Å². The first kappa shape index (κ1) is 27.1. The van der Waals surface area contributed by atoms with Crippen molar-refractivity contribution in [2.45, 2.75) is 82.1 Å². The minimum absolute atomic E-state index is 0.136. The molecule has 3 rings (SSSR count). The second-order valence-corrected chi connectivity index (χ2v) is 16.9. The Labute approximate surface area is 207 Å². The molecular weight excluding hydrogens is 438 g/mol. The average molecular weight is 482 g/mol. The van der Waals surface area contributed by atoms with Gasteiger partial charge >= 0.3 is 100 Å². The number of nitrogens with one attached hydrogen (secondary N) is 1. The van der Waals surface area contributed by atoms with Gasteiger partial charge in [0.2, 0.25) is 0 Å². The molecule has 0 amide bonds. The summed E-state index contributed by atoms with van der Waals surface area (Å²) in [4.78, 5) is 3.91. The Hall–Kier alpha value is -1.19. The van der Waals surface area contributed by atoms with E-state index < -0.39 is 8.24 Å². The molecule has 1 N–H and O–H groups in total. The van der Waals surface area contributed by atoms with Crippen molar-refractivity contribution in [3.8, 4) is 0 Å². The van der Waals surface area contributed by atoms with Crippen LogP contribution in [0.4, 0.5) is 0 Å². The number of hydrogen-bond acceptors (Lipinski definition) is 1. The van der Waals surface area contributed by atoms with Gasteiger partial charge in [-0.3, -0.25) is 0 Å². The molecule has 172 valence electrons. The zero-order valence-electron chi connectivity index (χ0n) is 21.8. The van der Waals surface area contributed by atoms with Gasteiger partial charge in [0, 0.05) is 11.1 Å². The van der Waals surface area contributed by atoms with Crippen molar-refractivity contribution in [2.24, 2.45) is 0 Å². The fourth-order valence-corrected chi connectivity index (χ4v) is 11.5. The van der Waals surface area contributed by atoms with E-state index in [4.69, 9.17) is 0 Å². The summed E-state index contributed by atoms with van der Waals surface area (Å²) in [7, 11) is -1.48. The van der Waals surface area contributed by atoms with Crippen LogP contribution in [-0.4, -0.2) is 13.8 Å². The van der Waals surface area contributed by atoms with Crippen molar-refractivity contribution < 1.29 is 19.2 Å². The Kier molecular flexibility index (Phi) is 9.97. The molecule has 0 atom stereocenters. The molecule has 0 saturated heterocycles. The van der Waals surface area contributed by atoms with Crippen LogP contribution in [0.15, 0.2) is 83.0 Å². The van der Waals surface area contributed by atoms with Gasteiger partial charge in [0.05, 0.1) is 0 Å². The number of allylic oxidation sites excluding steroid dienone is 4. The van der Waals surface area contributed by atoms with Crippen LogP contribution in [-0.2, 0) is 28.6 Å². The van der Waals surface area contributed by atoms with Crippen molar-refractivity contribution in [2.75, 3.05) is 0 Å². The van der Waals surface area contributed by atoms with Gasteiger partial charge in [0.1, 0.15) is 8.24 Å². The Morgan fingerprint density at radius 3 is 1.44 bits per heavy atom. The molecule has 0 heterocycles. The SMILES string of the molecule is CC1=C(C)C([Si](C)(C)NC(C)(C)C)C(C)=C1C.c1ccc([CH2][Ti][CH2]c2ccccc2)cc1. The third-order valence-corrected chi connectivity index (χ3v) is 12.1. The van der Waals surface area contributed by atoms with E-state index in [1.54, 1.807) is 11.1 Å². The van der Waals surface area contributed by atoms with E-state index in [9.17, 15) is 0 Å². The predicted octanol–water partition coefficient (Wildman–Crippen LogP) is 8.11. The van der Waals surface area contributed by atoms with E-state index in [1.165, 1.54) is 31.7 Å². The molecule has 32 heavy (non-hydrogen) atoms. The first-order valence-corrected chi connectivity index (χ1v) is 17.1. The van der Waals surface area contributed by atoms with Crippen molar-refractivity contribution in [3.63, 3.8) is 0 Å². The van der Waals surface area contributed by atoms with Crippen LogP contribution in [0, 0.1) is 0 Å². The molecule has 0 fully saturated rings. The van der Waals surface area contributed by atoms with Gasteiger partial charge in [0.15, 0.2) is 0 Å². The van der Waals surface area contributed by atoms with Gasteiger partial charge in [-0.25, -0.2) is 0 Å². The van der Waals surface area contributed by atoms with Gasteiger partial charge in [-0.05, 0) is 59.6 Å². The van der Waals surface area contributed by atoms with Crippen LogP contribution in [0.1, 0.15) is 59.6 Å². The van der Waals surface area contributed by atoms with Gasteiger partial charge in [0.25, 0.3) is 0 Å². The Morgan fingerprint density at radius 1 is 0.719 bits per heavy atom. The third kappa shape index (κ3) is 7.99. The fraction of sp³-hybridized carbons (Fsp3) is 0.448. The van der Waals surface area contributed by atoms with Crippen molar-refractivity contribution in [1.29, 1.82) is 0 Å². The average Bonchev–Trinajstić information content (AvgIpc) is 2.91. The Morgan fingerprint density at radius 2 is 1.09 bits per heavy atom.